The maximum Gasteiger partial charge on any atom is 0.122 e. The zero-order chi connectivity index (χ0) is 13.0. The number of rotatable bonds is 1. The molecular weight excluding hydrogens is 236 g/mol. The number of hydrogen-bond acceptors (Lipinski definition) is 3. The van der Waals surface area contributed by atoms with Crippen LogP contribution in [0, 0.1) is 0 Å². The van der Waals surface area contributed by atoms with E-state index in [0.717, 1.165) is 24.4 Å². The first-order valence-electron chi connectivity index (χ1n) is 7.23. The minimum absolute atomic E-state index is 0.0880. The summed E-state index contributed by atoms with van der Waals surface area (Å²) in [6.07, 6.45) is 5.83. The fourth-order valence-electron chi connectivity index (χ4n) is 4.24. The maximum atomic E-state index is 5.65. The number of hydrogen-bond donors (Lipinski definition) is 1. The van der Waals surface area contributed by atoms with Gasteiger partial charge in [0.2, 0.25) is 0 Å². The molecular formula is C16H20N2O. The van der Waals surface area contributed by atoms with Crippen molar-refractivity contribution in [2.45, 2.75) is 43.6 Å². The first kappa shape index (κ1) is 11.5. The fraction of sp³-hybridized carbons (Fsp3) is 0.562. The van der Waals surface area contributed by atoms with E-state index < -0.39 is 0 Å². The Morgan fingerprint density at radius 3 is 3.16 bits per heavy atom. The van der Waals surface area contributed by atoms with Gasteiger partial charge in [-0.3, -0.25) is 4.99 Å². The Kier molecular flexibility index (Phi) is 2.31. The van der Waals surface area contributed by atoms with Gasteiger partial charge in [0.25, 0.3) is 0 Å². The van der Waals surface area contributed by atoms with Crippen LogP contribution in [0.5, 0.6) is 5.75 Å². The van der Waals surface area contributed by atoms with E-state index >= 15 is 0 Å². The summed E-state index contributed by atoms with van der Waals surface area (Å²) in [7, 11) is 1.78. The molecule has 1 aromatic carbocycles. The monoisotopic (exact) mass is 256 g/mol. The van der Waals surface area contributed by atoms with Crippen LogP contribution in [0.15, 0.2) is 17.1 Å². The van der Waals surface area contributed by atoms with Gasteiger partial charge < -0.3 is 10.1 Å². The third-order valence-electron chi connectivity index (χ3n) is 5.06. The molecule has 1 fully saturated rings. The molecule has 4 rings (SSSR count). The highest BCUT2D eigenvalue weighted by Crippen LogP contribution is 2.54. The minimum atomic E-state index is 0.0880. The standard InChI is InChI=1S/C16H20N2O/c1-16-8-12-10(4-3-7-17-12)14-13(19-2)6-5-11(15(14)16)18-9-16/h5-6,9-10,12,17H,3-4,7-8H2,1-2H3/t10-,12+,16?/m0/s1. The number of aliphatic imine (C=N–C) groups is 1. The normalized spacial score (nSPS) is 34.8. The van der Waals surface area contributed by atoms with Crippen LogP contribution in [0.1, 0.15) is 43.2 Å². The topological polar surface area (TPSA) is 33.6 Å². The molecule has 1 N–H and O–H groups in total. The molecule has 3 aliphatic rings. The van der Waals surface area contributed by atoms with E-state index in [9.17, 15) is 0 Å². The lowest BCUT2D eigenvalue weighted by atomic mass is 9.64. The minimum Gasteiger partial charge on any atom is -0.496 e. The Labute approximate surface area is 114 Å². The van der Waals surface area contributed by atoms with Gasteiger partial charge in [0.1, 0.15) is 5.75 Å². The zero-order valence-electron chi connectivity index (χ0n) is 11.6. The maximum absolute atomic E-state index is 5.65. The van der Waals surface area contributed by atoms with Crippen LogP contribution >= 0.6 is 0 Å². The summed E-state index contributed by atoms with van der Waals surface area (Å²) in [6, 6.07) is 4.77. The van der Waals surface area contributed by atoms with Crippen molar-refractivity contribution in [2.24, 2.45) is 4.99 Å². The summed E-state index contributed by atoms with van der Waals surface area (Å²) in [5.74, 6) is 1.64. The molecule has 0 amide bonds. The molecule has 100 valence electrons. The highest BCUT2D eigenvalue weighted by atomic mass is 16.5. The zero-order valence-corrected chi connectivity index (χ0v) is 11.6. The van der Waals surface area contributed by atoms with Gasteiger partial charge in [-0.2, -0.15) is 0 Å². The molecule has 1 saturated heterocycles. The van der Waals surface area contributed by atoms with Gasteiger partial charge in [-0.15, -0.1) is 0 Å². The van der Waals surface area contributed by atoms with Crippen LogP contribution in [0.25, 0.3) is 0 Å². The van der Waals surface area contributed by atoms with Crippen molar-refractivity contribution in [3.8, 4) is 5.75 Å². The Morgan fingerprint density at radius 1 is 1.42 bits per heavy atom. The highest BCUT2D eigenvalue weighted by Gasteiger charge is 2.46. The van der Waals surface area contributed by atoms with E-state index in [1.54, 1.807) is 7.11 Å². The average molecular weight is 256 g/mol. The van der Waals surface area contributed by atoms with Crippen LogP contribution in [0.2, 0.25) is 0 Å². The summed E-state index contributed by atoms with van der Waals surface area (Å²) >= 11 is 0. The predicted octanol–water partition coefficient (Wildman–Crippen LogP) is 2.91. The molecule has 2 aliphatic heterocycles. The van der Waals surface area contributed by atoms with Gasteiger partial charge in [0.15, 0.2) is 0 Å². The summed E-state index contributed by atoms with van der Waals surface area (Å²) in [6.45, 7) is 3.46. The third-order valence-corrected chi connectivity index (χ3v) is 5.06. The number of nitrogens with zero attached hydrogens (tertiary/aromatic N) is 1. The molecule has 3 atom stereocenters. The number of benzene rings is 1. The molecule has 1 aliphatic carbocycles. The van der Waals surface area contributed by atoms with Crippen molar-refractivity contribution in [3.05, 3.63) is 23.3 Å². The van der Waals surface area contributed by atoms with Crippen molar-refractivity contribution >= 4 is 11.9 Å². The number of nitrogens with one attached hydrogen (secondary N) is 1. The number of methoxy groups -OCH3 is 1. The highest BCUT2D eigenvalue weighted by molar-refractivity contribution is 5.87. The van der Waals surface area contributed by atoms with Crippen LogP contribution in [-0.4, -0.2) is 25.9 Å². The Morgan fingerprint density at radius 2 is 2.32 bits per heavy atom. The molecule has 0 radical (unpaired) electrons. The van der Waals surface area contributed by atoms with Gasteiger partial charge in [-0.25, -0.2) is 0 Å². The van der Waals surface area contributed by atoms with Gasteiger partial charge in [-0.1, -0.05) is 6.92 Å². The van der Waals surface area contributed by atoms with Crippen LogP contribution in [-0.2, 0) is 5.41 Å². The summed E-state index contributed by atoms with van der Waals surface area (Å²) in [5, 5.41) is 3.71. The van der Waals surface area contributed by atoms with Crippen molar-refractivity contribution in [1.82, 2.24) is 5.32 Å². The van der Waals surface area contributed by atoms with Crippen molar-refractivity contribution in [1.29, 1.82) is 0 Å². The molecule has 1 unspecified atom stereocenters. The van der Waals surface area contributed by atoms with E-state index in [-0.39, 0.29) is 5.41 Å². The third kappa shape index (κ3) is 1.45. The van der Waals surface area contributed by atoms with Gasteiger partial charge in [-0.05, 0) is 43.5 Å². The quantitative estimate of drug-likeness (QED) is 0.838. The second-order valence-electron chi connectivity index (χ2n) is 6.26. The molecule has 3 heteroatoms. The summed E-state index contributed by atoms with van der Waals surface area (Å²) < 4.78 is 5.65. The largest absolute Gasteiger partial charge is 0.496 e. The Bertz CT molecular complexity index is 566. The predicted molar refractivity (Wildman–Crippen MR) is 76.9 cm³/mol. The van der Waals surface area contributed by atoms with E-state index in [0.29, 0.717) is 12.0 Å². The number of ether oxygens (including phenoxy) is 1. The molecule has 0 aromatic heterocycles. The second kappa shape index (κ2) is 3.83. The van der Waals surface area contributed by atoms with E-state index in [1.165, 1.54) is 24.0 Å². The van der Waals surface area contributed by atoms with Crippen molar-refractivity contribution < 1.29 is 4.74 Å². The van der Waals surface area contributed by atoms with Crippen LogP contribution < -0.4 is 10.1 Å². The van der Waals surface area contributed by atoms with Crippen LogP contribution in [0.3, 0.4) is 0 Å². The van der Waals surface area contributed by atoms with Gasteiger partial charge >= 0.3 is 0 Å². The number of fused-ring (bicyclic) bond motifs is 2. The van der Waals surface area contributed by atoms with E-state index in [4.69, 9.17) is 4.74 Å². The first-order valence-corrected chi connectivity index (χ1v) is 7.23. The average Bonchev–Trinajstić information content (AvgIpc) is 2.77. The summed E-state index contributed by atoms with van der Waals surface area (Å²) in [4.78, 5) is 4.65. The lowest BCUT2D eigenvalue weighted by molar-refractivity contribution is 0.278. The van der Waals surface area contributed by atoms with Crippen molar-refractivity contribution in [3.63, 3.8) is 0 Å². The van der Waals surface area contributed by atoms with Crippen molar-refractivity contribution in [2.75, 3.05) is 13.7 Å². The molecule has 2 heterocycles. The van der Waals surface area contributed by atoms with Crippen LogP contribution in [0.4, 0.5) is 5.69 Å². The Balaban J connectivity index is 1.96. The molecule has 1 aromatic rings. The SMILES string of the molecule is COc1ccc2c3c1[C@H]1CCCN[C@@H]1CC3(C)C=N2. The fourth-order valence-corrected chi connectivity index (χ4v) is 4.24. The molecule has 19 heavy (non-hydrogen) atoms. The second-order valence-corrected chi connectivity index (χ2v) is 6.26. The smallest absolute Gasteiger partial charge is 0.122 e. The molecule has 0 bridgehead atoms. The Hall–Kier alpha value is -1.35. The first-order chi connectivity index (χ1) is 9.23. The van der Waals surface area contributed by atoms with Gasteiger partial charge in [0.05, 0.1) is 12.8 Å². The lowest BCUT2D eigenvalue weighted by Crippen LogP contribution is -2.48. The molecule has 3 nitrogen and oxygen atoms in total. The number of piperidine rings is 1. The van der Waals surface area contributed by atoms with E-state index in [2.05, 4.69) is 35.6 Å². The molecule has 0 spiro atoms. The summed E-state index contributed by atoms with van der Waals surface area (Å²) in [5.41, 5.74) is 4.09. The van der Waals surface area contributed by atoms with Gasteiger partial charge in [0, 0.05) is 29.2 Å². The lowest BCUT2D eigenvalue weighted by Gasteiger charge is -2.44. The molecule has 0 saturated carbocycles. The van der Waals surface area contributed by atoms with E-state index in [1.807, 2.05) is 0 Å².